The molecule has 0 spiro atoms. The molecular formula is C14H23N3O2. The lowest BCUT2D eigenvalue weighted by molar-refractivity contribution is 0.105. The molecule has 19 heavy (non-hydrogen) atoms. The Morgan fingerprint density at radius 3 is 2.74 bits per heavy atom. The van der Waals surface area contributed by atoms with Crippen molar-refractivity contribution in [2.75, 3.05) is 11.9 Å². The van der Waals surface area contributed by atoms with E-state index in [0.717, 1.165) is 6.42 Å². The molecule has 0 radical (unpaired) electrons. The largest absolute Gasteiger partial charge is 0.376 e. The number of aromatic nitrogens is 2. The topological polar surface area (TPSA) is 56.1 Å². The normalized spacial score (nSPS) is 27.5. The molecule has 0 saturated carbocycles. The van der Waals surface area contributed by atoms with E-state index in [2.05, 4.69) is 17.2 Å². The maximum Gasteiger partial charge on any atom is 0.293 e. The van der Waals surface area contributed by atoms with Crippen LogP contribution in [0.5, 0.6) is 0 Å². The Balaban J connectivity index is 2.35. The van der Waals surface area contributed by atoms with Gasteiger partial charge >= 0.3 is 0 Å². The van der Waals surface area contributed by atoms with Gasteiger partial charge < -0.3 is 14.6 Å². The van der Waals surface area contributed by atoms with Gasteiger partial charge in [-0.3, -0.25) is 4.79 Å². The molecule has 1 saturated heterocycles. The molecular weight excluding hydrogens is 242 g/mol. The van der Waals surface area contributed by atoms with Crippen molar-refractivity contribution >= 4 is 5.82 Å². The lowest BCUT2D eigenvalue weighted by Crippen LogP contribution is -2.45. The van der Waals surface area contributed by atoms with Crippen molar-refractivity contribution in [3.05, 3.63) is 22.7 Å². The lowest BCUT2D eigenvalue weighted by Gasteiger charge is -2.30. The van der Waals surface area contributed by atoms with Crippen LogP contribution in [0.3, 0.4) is 0 Å². The zero-order valence-electron chi connectivity index (χ0n) is 12.4. The second-order valence-electron chi connectivity index (χ2n) is 6.43. The van der Waals surface area contributed by atoms with Gasteiger partial charge in [-0.15, -0.1) is 0 Å². The number of anilines is 1. The van der Waals surface area contributed by atoms with Crippen LogP contribution in [0.25, 0.3) is 0 Å². The van der Waals surface area contributed by atoms with Crippen molar-refractivity contribution in [3.63, 3.8) is 0 Å². The molecule has 2 unspecified atom stereocenters. The molecule has 2 rings (SSSR count). The van der Waals surface area contributed by atoms with Crippen LogP contribution in [0.4, 0.5) is 5.82 Å². The number of nitrogens with one attached hydrogen (secondary N) is 1. The molecule has 5 nitrogen and oxygen atoms in total. The molecule has 1 fully saturated rings. The summed E-state index contributed by atoms with van der Waals surface area (Å²) >= 11 is 0. The molecule has 5 heteroatoms. The van der Waals surface area contributed by atoms with Crippen molar-refractivity contribution in [1.29, 1.82) is 0 Å². The van der Waals surface area contributed by atoms with Crippen LogP contribution in [-0.4, -0.2) is 27.8 Å². The SMILES string of the molecule is CC1OCCC1(C)Nc1nccn(C(C)(C)C)c1=O. The summed E-state index contributed by atoms with van der Waals surface area (Å²) < 4.78 is 7.28. The van der Waals surface area contributed by atoms with Gasteiger partial charge in [0.2, 0.25) is 0 Å². The monoisotopic (exact) mass is 265 g/mol. The molecule has 1 aromatic heterocycles. The summed E-state index contributed by atoms with van der Waals surface area (Å²) in [5, 5.41) is 3.28. The zero-order valence-corrected chi connectivity index (χ0v) is 12.4. The number of hydrogen-bond donors (Lipinski definition) is 1. The van der Waals surface area contributed by atoms with Gasteiger partial charge in [0.15, 0.2) is 5.82 Å². The highest BCUT2D eigenvalue weighted by Gasteiger charge is 2.38. The maximum absolute atomic E-state index is 12.4. The highest BCUT2D eigenvalue weighted by Crippen LogP contribution is 2.28. The first kappa shape index (κ1) is 14.1. The summed E-state index contributed by atoms with van der Waals surface area (Å²) in [7, 11) is 0. The van der Waals surface area contributed by atoms with E-state index in [-0.39, 0.29) is 22.7 Å². The van der Waals surface area contributed by atoms with Crippen LogP contribution in [0, 0.1) is 0 Å². The third-order valence-corrected chi connectivity index (χ3v) is 3.85. The number of rotatable bonds is 2. The van der Waals surface area contributed by atoms with Crippen molar-refractivity contribution in [2.24, 2.45) is 0 Å². The van der Waals surface area contributed by atoms with Crippen molar-refractivity contribution in [2.45, 2.75) is 58.2 Å². The van der Waals surface area contributed by atoms with Crippen LogP contribution in [0.2, 0.25) is 0 Å². The minimum Gasteiger partial charge on any atom is -0.376 e. The van der Waals surface area contributed by atoms with E-state index < -0.39 is 0 Å². The molecule has 0 bridgehead atoms. The third-order valence-electron chi connectivity index (χ3n) is 3.85. The number of hydrogen-bond acceptors (Lipinski definition) is 4. The molecule has 1 aliphatic rings. The molecule has 1 aliphatic heterocycles. The lowest BCUT2D eigenvalue weighted by atomic mass is 9.95. The molecule has 1 N–H and O–H groups in total. The number of nitrogens with zero attached hydrogens (tertiary/aromatic N) is 2. The highest BCUT2D eigenvalue weighted by molar-refractivity contribution is 5.36. The minimum absolute atomic E-state index is 0.0667. The van der Waals surface area contributed by atoms with Crippen LogP contribution in [-0.2, 0) is 10.3 Å². The smallest absolute Gasteiger partial charge is 0.293 e. The average Bonchev–Trinajstić information content (AvgIpc) is 2.61. The second-order valence-corrected chi connectivity index (χ2v) is 6.43. The Hall–Kier alpha value is -1.36. The summed E-state index contributed by atoms with van der Waals surface area (Å²) in [5.74, 6) is 0.400. The van der Waals surface area contributed by atoms with Crippen molar-refractivity contribution < 1.29 is 4.74 Å². The van der Waals surface area contributed by atoms with Crippen LogP contribution >= 0.6 is 0 Å². The van der Waals surface area contributed by atoms with Gasteiger partial charge in [-0.1, -0.05) is 0 Å². The Morgan fingerprint density at radius 1 is 1.53 bits per heavy atom. The van der Waals surface area contributed by atoms with Crippen LogP contribution in [0.1, 0.15) is 41.0 Å². The molecule has 1 aromatic rings. The Kier molecular flexibility index (Phi) is 3.43. The van der Waals surface area contributed by atoms with Gasteiger partial charge in [0, 0.05) is 24.5 Å². The summed E-state index contributed by atoms with van der Waals surface area (Å²) in [6, 6.07) is 0. The van der Waals surface area contributed by atoms with E-state index in [1.165, 1.54) is 0 Å². The Morgan fingerprint density at radius 2 is 2.21 bits per heavy atom. The molecule has 2 atom stereocenters. The highest BCUT2D eigenvalue weighted by atomic mass is 16.5. The van der Waals surface area contributed by atoms with E-state index >= 15 is 0 Å². The van der Waals surface area contributed by atoms with E-state index in [1.54, 1.807) is 17.0 Å². The maximum atomic E-state index is 12.4. The van der Waals surface area contributed by atoms with Gasteiger partial charge in [0.1, 0.15) is 0 Å². The quantitative estimate of drug-likeness (QED) is 0.888. The van der Waals surface area contributed by atoms with E-state index in [1.807, 2.05) is 27.7 Å². The minimum atomic E-state index is -0.255. The fourth-order valence-corrected chi connectivity index (χ4v) is 2.30. The van der Waals surface area contributed by atoms with E-state index in [4.69, 9.17) is 4.74 Å². The second kappa shape index (κ2) is 4.63. The molecule has 0 amide bonds. The molecule has 106 valence electrons. The van der Waals surface area contributed by atoms with Gasteiger partial charge in [-0.25, -0.2) is 4.98 Å². The van der Waals surface area contributed by atoms with Gasteiger partial charge in [0.25, 0.3) is 5.56 Å². The van der Waals surface area contributed by atoms with Crippen LogP contribution in [0.15, 0.2) is 17.2 Å². The van der Waals surface area contributed by atoms with Gasteiger partial charge in [-0.05, 0) is 41.0 Å². The molecule has 0 aromatic carbocycles. The Labute approximate surface area is 114 Å². The number of ether oxygens (including phenoxy) is 1. The fourth-order valence-electron chi connectivity index (χ4n) is 2.30. The summed E-state index contributed by atoms with van der Waals surface area (Å²) in [6.45, 7) is 10.8. The summed E-state index contributed by atoms with van der Waals surface area (Å²) in [6.07, 6.45) is 4.33. The predicted molar refractivity (Wildman–Crippen MR) is 75.6 cm³/mol. The fraction of sp³-hybridized carbons (Fsp3) is 0.714. The average molecular weight is 265 g/mol. The van der Waals surface area contributed by atoms with E-state index in [9.17, 15) is 4.79 Å². The molecule has 0 aliphatic carbocycles. The third kappa shape index (κ3) is 2.66. The molecule has 2 heterocycles. The standard InChI is InChI=1S/C14H23N3O2/c1-10-14(5,6-9-19-10)16-11-12(18)17(8-7-15-11)13(2,3)4/h7-8,10H,6,9H2,1-5H3,(H,15,16). The summed E-state index contributed by atoms with van der Waals surface area (Å²) in [4.78, 5) is 16.6. The van der Waals surface area contributed by atoms with Crippen molar-refractivity contribution in [3.8, 4) is 0 Å². The first-order chi connectivity index (χ1) is 8.74. The van der Waals surface area contributed by atoms with Gasteiger partial charge in [0.05, 0.1) is 11.6 Å². The summed E-state index contributed by atoms with van der Waals surface area (Å²) in [5.41, 5.74) is -0.575. The van der Waals surface area contributed by atoms with Gasteiger partial charge in [-0.2, -0.15) is 0 Å². The first-order valence-corrected chi connectivity index (χ1v) is 6.72. The van der Waals surface area contributed by atoms with Crippen molar-refractivity contribution in [1.82, 2.24) is 9.55 Å². The predicted octanol–water partition coefficient (Wildman–Crippen LogP) is 1.98. The van der Waals surface area contributed by atoms with Crippen LogP contribution < -0.4 is 10.9 Å². The first-order valence-electron chi connectivity index (χ1n) is 6.72. The zero-order chi connectivity index (χ0) is 14.3. The Bertz CT molecular complexity index is 518. The van der Waals surface area contributed by atoms with E-state index in [0.29, 0.717) is 12.4 Å².